The molecule has 0 unspecified atom stereocenters. The highest BCUT2D eigenvalue weighted by Crippen LogP contribution is 2.35. The van der Waals surface area contributed by atoms with E-state index in [0.29, 0.717) is 0 Å². The summed E-state index contributed by atoms with van der Waals surface area (Å²) >= 11 is 0. The third-order valence-electron chi connectivity index (χ3n) is 6.63. The minimum Gasteiger partial charge on any atom is -0.284 e. The van der Waals surface area contributed by atoms with Crippen LogP contribution in [0.15, 0.2) is 132 Å². The van der Waals surface area contributed by atoms with Gasteiger partial charge in [0.1, 0.15) is 6.04 Å². The summed E-state index contributed by atoms with van der Waals surface area (Å²) in [5.41, 5.74) is 3.76. The molecule has 6 rings (SSSR count). The Balaban J connectivity index is 1.45. The van der Waals surface area contributed by atoms with Gasteiger partial charge in [0, 0.05) is 12.6 Å². The molecule has 0 radical (unpaired) electrons. The smallest absolute Gasteiger partial charge is 0.101 e. The molecule has 0 aliphatic rings. The van der Waals surface area contributed by atoms with Crippen LogP contribution in [0.25, 0.3) is 32.3 Å². The van der Waals surface area contributed by atoms with Crippen molar-refractivity contribution >= 4 is 38.5 Å². The van der Waals surface area contributed by atoms with Gasteiger partial charge >= 0.3 is 0 Å². The standard InChI is InChI=1S/C33H25N/c1-2-12-28-23-24(19-20-25(28)9-1)21-22-34-33(31-17-7-13-26-10-3-5-15-29(26)31)32-18-8-14-27-11-4-6-16-30(27)32/h1-20,22-23,33H,21H2. The van der Waals surface area contributed by atoms with Crippen molar-refractivity contribution in [2.75, 3.05) is 0 Å². The van der Waals surface area contributed by atoms with Gasteiger partial charge in [-0.25, -0.2) is 0 Å². The van der Waals surface area contributed by atoms with Crippen molar-refractivity contribution in [2.24, 2.45) is 4.99 Å². The van der Waals surface area contributed by atoms with Crippen LogP contribution in [-0.2, 0) is 6.42 Å². The molecule has 0 saturated carbocycles. The van der Waals surface area contributed by atoms with Gasteiger partial charge in [0.25, 0.3) is 0 Å². The van der Waals surface area contributed by atoms with Crippen LogP contribution in [0.4, 0.5) is 0 Å². The highest BCUT2D eigenvalue weighted by atomic mass is 14.8. The Kier molecular flexibility index (Phi) is 5.37. The topological polar surface area (TPSA) is 12.4 Å². The molecule has 0 amide bonds. The van der Waals surface area contributed by atoms with E-state index in [2.05, 4.69) is 134 Å². The highest BCUT2D eigenvalue weighted by Gasteiger charge is 2.17. The van der Waals surface area contributed by atoms with Crippen LogP contribution < -0.4 is 0 Å². The zero-order valence-corrected chi connectivity index (χ0v) is 18.9. The SMILES string of the molecule is C(Cc1ccc2ccccc2c1)=NC(c1cccc2ccccc12)c1cccc2ccccc12. The van der Waals surface area contributed by atoms with E-state index in [1.165, 1.54) is 49.0 Å². The zero-order valence-electron chi connectivity index (χ0n) is 18.9. The lowest BCUT2D eigenvalue weighted by Gasteiger charge is -2.18. The fraction of sp³-hybridized carbons (Fsp3) is 0.0606. The molecular formula is C33H25N. The van der Waals surface area contributed by atoms with E-state index >= 15 is 0 Å². The minimum absolute atomic E-state index is 0.0716. The molecule has 1 heteroatoms. The summed E-state index contributed by atoms with van der Waals surface area (Å²) in [4.78, 5) is 5.21. The zero-order chi connectivity index (χ0) is 22.7. The lowest BCUT2D eigenvalue weighted by molar-refractivity contribution is 0.893. The van der Waals surface area contributed by atoms with Crippen LogP contribution in [0.2, 0.25) is 0 Å². The van der Waals surface area contributed by atoms with Crippen molar-refractivity contribution < 1.29 is 0 Å². The van der Waals surface area contributed by atoms with Crippen LogP contribution in [-0.4, -0.2) is 6.21 Å². The van der Waals surface area contributed by atoms with Gasteiger partial charge in [-0.1, -0.05) is 127 Å². The number of benzene rings is 6. The molecule has 0 aliphatic carbocycles. The first-order chi connectivity index (χ1) is 16.9. The van der Waals surface area contributed by atoms with Crippen molar-refractivity contribution in [1.29, 1.82) is 0 Å². The summed E-state index contributed by atoms with van der Waals surface area (Å²) in [7, 11) is 0. The van der Waals surface area contributed by atoms with E-state index in [4.69, 9.17) is 4.99 Å². The first kappa shape index (κ1) is 20.4. The second-order valence-corrected chi connectivity index (χ2v) is 8.76. The quantitative estimate of drug-likeness (QED) is 0.241. The van der Waals surface area contributed by atoms with Crippen LogP contribution in [0.5, 0.6) is 0 Å². The maximum atomic E-state index is 5.21. The minimum atomic E-state index is -0.0716. The van der Waals surface area contributed by atoms with E-state index in [-0.39, 0.29) is 6.04 Å². The van der Waals surface area contributed by atoms with E-state index < -0.39 is 0 Å². The molecule has 0 saturated heterocycles. The summed E-state index contributed by atoms with van der Waals surface area (Å²) in [6, 6.07) is 45.4. The number of nitrogens with zero attached hydrogens (tertiary/aromatic N) is 1. The summed E-state index contributed by atoms with van der Waals surface area (Å²) < 4.78 is 0. The molecule has 0 N–H and O–H groups in total. The third-order valence-corrected chi connectivity index (χ3v) is 6.63. The maximum absolute atomic E-state index is 5.21. The molecule has 0 bridgehead atoms. The predicted molar refractivity (Wildman–Crippen MR) is 146 cm³/mol. The van der Waals surface area contributed by atoms with Crippen molar-refractivity contribution in [3.63, 3.8) is 0 Å². The molecule has 0 aliphatic heterocycles. The average molecular weight is 436 g/mol. The number of rotatable bonds is 5. The Morgan fingerprint density at radius 2 is 1.03 bits per heavy atom. The molecule has 0 atom stereocenters. The molecule has 1 nitrogen and oxygen atoms in total. The lowest BCUT2D eigenvalue weighted by Crippen LogP contribution is -2.02. The number of fused-ring (bicyclic) bond motifs is 3. The fourth-order valence-electron chi connectivity index (χ4n) is 4.94. The normalized spacial score (nSPS) is 11.8. The molecule has 34 heavy (non-hydrogen) atoms. The molecule has 0 spiro atoms. The van der Waals surface area contributed by atoms with E-state index in [1.54, 1.807) is 0 Å². The molecule has 0 heterocycles. The van der Waals surface area contributed by atoms with Crippen molar-refractivity contribution in [3.05, 3.63) is 144 Å². The first-order valence-corrected chi connectivity index (χ1v) is 11.8. The third kappa shape index (κ3) is 3.86. The van der Waals surface area contributed by atoms with E-state index in [0.717, 1.165) is 6.42 Å². The average Bonchev–Trinajstić information content (AvgIpc) is 2.91. The van der Waals surface area contributed by atoms with Crippen LogP contribution >= 0.6 is 0 Å². The Bertz CT molecular complexity index is 1550. The van der Waals surface area contributed by atoms with E-state index in [9.17, 15) is 0 Å². The van der Waals surface area contributed by atoms with Gasteiger partial charge in [0.15, 0.2) is 0 Å². The molecule has 0 aromatic heterocycles. The largest absolute Gasteiger partial charge is 0.284 e. The van der Waals surface area contributed by atoms with Gasteiger partial charge in [0.05, 0.1) is 0 Å². The molecule has 0 fully saturated rings. The molecule has 162 valence electrons. The Morgan fingerprint density at radius 1 is 0.500 bits per heavy atom. The molecule has 6 aromatic rings. The fourth-order valence-corrected chi connectivity index (χ4v) is 4.94. The number of hydrogen-bond acceptors (Lipinski definition) is 1. The first-order valence-electron chi connectivity index (χ1n) is 11.8. The lowest BCUT2D eigenvalue weighted by atomic mass is 9.91. The Morgan fingerprint density at radius 3 is 1.68 bits per heavy atom. The van der Waals surface area contributed by atoms with Crippen molar-refractivity contribution in [3.8, 4) is 0 Å². The second kappa shape index (κ2) is 8.96. The van der Waals surface area contributed by atoms with Gasteiger partial charge in [-0.15, -0.1) is 0 Å². The second-order valence-electron chi connectivity index (χ2n) is 8.76. The predicted octanol–water partition coefficient (Wildman–Crippen LogP) is 8.55. The maximum Gasteiger partial charge on any atom is 0.101 e. The van der Waals surface area contributed by atoms with E-state index in [1.807, 2.05) is 0 Å². The van der Waals surface area contributed by atoms with Crippen LogP contribution in [0, 0.1) is 0 Å². The highest BCUT2D eigenvalue weighted by molar-refractivity contribution is 5.90. The van der Waals surface area contributed by atoms with Crippen LogP contribution in [0.1, 0.15) is 22.7 Å². The number of hydrogen-bond donors (Lipinski definition) is 0. The van der Waals surface area contributed by atoms with Gasteiger partial charge < -0.3 is 0 Å². The summed E-state index contributed by atoms with van der Waals surface area (Å²) in [5, 5.41) is 7.54. The van der Waals surface area contributed by atoms with Crippen LogP contribution in [0.3, 0.4) is 0 Å². The summed E-state index contributed by atoms with van der Waals surface area (Å²) in [5.74, 6) is 0. The summed E-state index contributed by atoms with van der Waals surface area (Å²) in [6.45, 7) is 0. The van der Waals surface area contributed by atoms with Gasteiger partial charge in [-0.2, -0.15) is 0 Å². The molecular weight excluding hydrogens is 410 g/mol. The van der Waals surface area contributed by atoms with Gasteiger partial charge in [-0.05, 0) is 49.0 Å². The van der Waals surface area contributed by atoms with Gasteiger partial charge in [0.2, 0.25) is 0 Å². The van der Waals surface area contributed by atoms with Crippen molar-refractivity contribution in [2.45, 2.75) is 12.5 Å². The Labute approximate surface area is 200 Å². The van der Waals surface area contributed by atoms with Gasteiger partial charge in [-0.3, -0.25) is 4.99 Å². The monoisotopic (exact) mass is 435 g/mol. The molecule has 6 aromatic carbocycles. The Hall–Kier alpha value is -4.23. The van der Waals surface area contributed by atoms with Crippen molar-refractivity contribution in [1.82, 2.24) is 0 Å². The summed E-state index contributed by atoms with van der Waals surface area (Å²) in [6.07, 6.45) is 2.90. The number of aliphatic imine (C=N–C) groups is 1.